The van der Waals surface area contributed by atoms with Gasteiger partial charge in [-0.2, -0.15) is 0 Å². The Kier molecular flexibility index (Phi) is 4.79. The van der Waals surface area contributed by atoms with Crippen LogP contribution in [-0.4, -0.2) is 37.8 Å². The first-order valence-corrected chi connectivity index (χ1v) is 6.97. The van der Waals surface area contributed by atoms with Crippen molar-refractivity contribution in [1.29, 1.82) is 0 Å². The summed E-state index contributed by atoms with van der Waals surface area (Å²) in [5.74, 6) is 0. The number of nitrogens with zero attached hydrogens (tertiary/aromatic N) is 2. The Balaban J connectivity index is 2.22. The molecule has 110 valence electrons. The van der Waals surface area contributed by atoms with Crippen molar-refractivity contribution in [3.63, 3.8) is 0 Å². The molecule has 1 unspecified atom stereocenters. The van der Waals surface area contributed by atoms with E-state index in [9.17, 15) is 10.1 Å². The molecule has 1 saturated heterocycles. The minimum Gasteiger partial charge on any atom is -0.388 e. The van der Waals surface area contributed by atoms with Crippen molar-refractivity contribution >= 4 is 17.1 Å². The first kappa shape index (κ1) is 14.6. The lowest BCUT2D eigenvalue weighted by Gasteiger charge is -2.34. The van der Waals surface area contributed by atoms with Crippen molar-refractivity contribution in [3.05, 3.63) is 28.3 Å². The summed E-state index contributed by atoms with van der Waals surface area (Å²) in [5, 5.41) is 14.0. The minimum atomic E-state index is -0.353. The van der Waals surface area contributed by atoms with Crippen LogP contribution < -0.4 is 10.2 Å². The molecule has 1 atom stereocenters. The molecule has 0 aromatic heterocycles. The van der Waals surface area contributed by atoms with Crippen LogP contribution in [0.5, 0.6) is 0 Å². The molecule has 1 aliphatic heterocycles. The predicted octanol–water partition coefficient (Wildman–Crippen LogP) is 2.64. The molecular formula is C14H21N3O3. The monoisotopic (exact) mass is 279 g/mol. The Morgan fingerprint density at radius 1 is 1.50 bits per heavy atom. The standard InChI is InChI=1S/C14H21N3O3/c1-3-20-14-5-4-6-16(10-14)12-7-11(15-2)8-13(9-12)17(18)19/h7-9,14-15H,3-6,10H2,1-2H3. The van der Waals surface area contributed by atoms with E-state index >= 15 is 0 Å². The lowest BCUT2D eigenvalue weighted by atomic mass is 10.1. The normalized spacial score (nSPS) is 18.9. The molecule has 6 heteroatoms. The van der Waals surface area contributed by atoms with Crippen molar-refractivity contribution in [2.24, 2.45) is 0 Å². The van der Waals surface area contributed by atoms with Gasteiger partial charge in [-0.15, -0.1) is 0 Å². The maximum Gasteiger partial charge on any atom is 0.273 e. The van der Waals surface area contributed by atoms with Crippen LogP contribution in [-0.2, 0) is 4.74 Å². The summed E-state index contributed by atoms with van der Waals surface area (Å²) in [6.07, 6.45) is 2.31. The number of piperidine rings is 1. The second-order valence-electron chi connectivity index (χ2n) is 4.91. The SMILES string of the molecule is CCOC1CCCN(c2cc(NC)cc([N+](=O)[O-])c2)C1. The molecule has 1 aliphatic rings. The number of non-ortho nitro benzene ring substituents is 1. The van der Waals surface area contributed by atoms with Crippen molar-refractivity contribution in [2.75, 3.05) is 37.0 Å². The van der Waals surface area contributed by atoms with Gasteiger partial charge >= 0.3 is 0 Å². The zero-order chi connectivity index (χ0) is 14.5. The average Bonchev–Trinajstić information content (AvgIpc) is 2.47. The highest BCUT2D eigenvalue weighted by Crippen LogP contribution is 2.29. The summed E-state index contributed by atoms with van der Waals surface area (Å²) in [5.41, 5.74) is 1.76. The highest BCUT2D eigenvalue weighted by atomic mass is 16.6. The summed E-state index contributed by atoms with van der Waals surface area (Å²) < 4.78 is 5.68. The van der Waals surface area contributed by atoms with E-state index in [2.05, 4.69) is 10.2 Å². The van der Waals surface area contributed by atoms with E-state index in [1.807, 2.05) is 13.0 Å². The van der Waals surface area contributed by atoms with Gasteiger partial charge in [0.1, 0.15) is 0 Å². The average molecular weight is 279 g/mol. The molecule has 1 fully saturated rings. The predicted molar refractivity (Wildman–Crippen MR) is 79.5 cm³/mol. The van der Waals surface area contributed by atoms with Gasteiger partial charge in [0.05, 0.1) is 11.0 Å². The molecular weight excluding hydrogens is 258 g/mol. The fourth-order valence-electron chi connectivity index (χ4n) is 2.57. The molecule has 20 heavy (non-hydrogen) atoms. The van der Waals surface area contributed by atoms with E-state index in [-0.39, 0.29) is 16.7 Å². The number of nitro groups is 1. The van der Waals surface area contributed by atoms with E-state index in [0.717, 1.165) is 37.3 Å². The Labute approximate surface area is 118 Å². The maximum atomic E-state index is 11.0. The molecule has 0 spiro atoms. The second kappa shape index (κ2) is 6.56. The van der Waals surface area contributed by atoms with Gasteiger partial charge in [0.2, 0.25) is 0 Å². The summed E-state index contributed by atoms with van der Waals surface area (Å²) in [6, 6.07) is 5.13. The number of nitro benzene ring substituents is 1. The molecule has 1 N–H and O–H groups in total. The fourth-order valence-corrected chi connectivity index (χ4v) is 2.57. The van der Waals surface area contributed by atoms with E-state index in [4.69, 9.17) is 4.74 Å². The van der Waals surface area contributed by atoms with Gasteiger partial charge in [-0.1, -0.05) is 0 Å². The van der Waals surface area contributed by atoms with Crippen LogP contribution in [0, 0.1) is 10.1 Å². The van der Waals surface area contributed by atoms with Gasteiger partial charge < -0.3 is 15.0 Å². The molecule has 0 saturated carbocycles. The fraction of sp³-hybridized carbons (Fsp3) is 0.571. The Hall–Kier alpha value is -1.82. The van der Waals surface area contributed by atoms with Crippen molar-refractivity contribution < 1.29 is 9.66 Å². The highest BCUT2D eigenvalue weighted by Gasteiger charge is 2.22. The summed E-state index contributed by atoms with van der Waals surface area (Å²) in [4.78, 5) is 12.8. The number of benzene rings is 1. The number of rotatable bonds is 5. The third-order valence-corrected chi connectivity index (χ3v) is 3.55. The number of nitrogens with one attached hydrogen (secondary N) is 1. The van der Waals surface area contributed by atoms with Gasteiger partial charge in [0.25, 0.3) is 5.69 Å². The highest BCUT2D eigenvalue weighted by molar-refractivity contribution is 5.64. The van der Waals surface area contributed by atoms with Crippen LogP contribution in [0.3, 0.4) is 0 Å². The zero-order valence-corrected chi connectivity index (χ0v) is 12.0. The molecule has 6 nitrogen and oxygen atoms in total. The van der Waals surface area contributed by atoms with Crippen LogP contribution in [0.15, 0.2) is 18.2 Å². The molecule has 1 aromatic carbocycles. The third kappa shape index (κ3) is 3.39. The Morgan fingerprint density at radius 2 is 2.30 bits per heavy atom. The van der Waals surface area contributed by atoms with Crippen molar-refractivity contribution in [2.45, 2.75) is 25.9 Å². The van der Waals surface area contributed by atoms with Crippen LogP contribution in [0.1, 0.15) is 19.8 Å². The molecule has 0 bridgehead atoms. The minimum absolute atomic E-state index is 0.116. The first-order chi connectivity index (χ1) is 9.63. The van der Waals surface area contributed by atoms with E-state index in [0.29, 0.717) is 6.61 Å². The molecule has 1 heterocycles. The molecule has 0 radical (unpaired) electrons. The first-order valence-electron chi connectivity index (χ1n) is 6.97. The number of anilines is 2. The maximum absolute atomic E-state index is 11.0. The quantitative estimate of drug-likeness (QED) is 0.663. The number of hydrogen-bond acceptors (Lipinski definition) is 5. The second-order valence-corrected chi connectivity index (χ2v) is 4.91. The summed E-state index contributed by atoms with van der Waals surface area (Å²) in [7, 11) is 1.77. The van der Waals surface area contributed by atoms with Gasteiger partial charge in [-0.25, -0.2) is 0 Å². The van der Waals surface area contributed by atoms with Crippen molar-refractivity contribution in [3.8, 4) is 0 Å². The Bertz CT molecular complexity index is 477. The molecule has 0 amide bonds. The topological polar surface area (TPSA) is 67.6 Å². The van der Waals surface area contributed by atoms with Gasteiger partial charge in [-0.05, 0) is 25.8 Å². The van der Waals surface area contributed by atoms with E-state index in [1.165, 1.54) is 0 Å². The molecule has 2 rings (SSSR count). The van der Waals surface area contributed by atoms with Gasteiger partial charge in [0, 0.05) is 50.3 Å². The summed E-state index contributed by atoms with van der Waals surface area (Å²) in [6.45, 7) is 4.40. The van der Waals surface area contributed by atoms with Crippen LogP contribution in [0.4, 0.5) is 17.1 Å². The van der Waals surface area contributed by atoms with Crippen LogP contribution in [0.25, 0.3) is 0 Å². The van der Waals surface area contributed by atoms with Crippen LogP contribution >= 0.6 is 0 Å². The zero-order valence-electron chi connectivity index (χ0n) is 12.0. The van der Waals surface area contributed by atoms with Gasteiger partial charge in [-0.3, -0.25) is 10.1 Å². The van der Waals surface area contributed by atoms with Crippen LogP contribution in [0.2, 0.25) is 0 Å². The lowest BCUT2D eigenvalue weighted by Crippen LogP contribution is -2.39. The van der Waals surface area contributed by atoms with E-state index in [1.54, 1.807) is 19.2 Å². The van der Waals surface area contributed by atoms with Gasteiger partial charge in [0.15, 0.2) is 0 Å². The smallest absolute Gasteiger partial charge is 0.273 e. The lowest BCUT2D eigenvalue weighted by molar-refractivity contribution is -0.384. The Morgan fingerprint density at radius 3 is 2.95 bits per heavy atom. The molecule has 0 aliphatic carbocycles. The van der Waals surface area contributed by atoms with E-state index < -0.39 is 0 Å². The van der Waals surface area contributed by atoms with Crippen molar-refractivity contribution in [1.82, 2.24) is 0 Å². The summed E-state index contributed by atoms with van der Waals surface area (Å²) >= 11 is 0. The number of hydrogen-bond donors (Lipinski definition) is 1. The number of ether oxygens (including phenoxy) is 1. The largest absolute Gasteiger partial charge is 0.388 e. The molecule has 1 aromatic rings. The third-order valence-electron chi connectivity index (χ3n) is 3.55.